The lowest BCUT2D eigenvalue weighted by Gasteiger charge is -2.11. The van der Waals surface area contributed by atoms with E-state index in [0.717, 1.165) is 21.9 Å². The first-order chi connectivity index (χ1) is 14.4. The van der Waals surface area contributed by atoms with E-state index in [0.29, 0.717) is 12.1 Å². The predicted molar refractivity (Wildman–Crippen MR) is 118 cm³/mol. The van der Waals surface area contributed by atoms with Gasteiger partial charge in [0.05, 0.1) is 19.4 Å². The van der Waals surface area contributed by atoms with E-state index >= 15 is 0 Å². The summed E-state index contributed by atoms with van der Waals surface area (Å²) in [5.74, 6) is -0.502. The highest BCUT2D eigenvalue weighted by molar-refractivity contribution is 5.96. The highest BCUT2D eigenvalue weighted by Gasteiger charge is 2.10. The van der Waals surface area contributed by atoms with E-state index in [1.54, 1.807) is 38.4 Å². The molecule has 0 unspecified atom stereocenters. The molecule has 0 aliphatic rings. The number of benzene rings is 3. The molecule has 3 rings (SSSR count). The molecule has 3 aromatic carbocycles. The summed E-state index contributed by atoms with van der Waals surface area (Å²) in [6, 6.07) is 20.8. The van der Waals surface area contributed by atoms with Crippen molar-refractivity contribution in [2.45, 2.75) is 12.8 Å². The van der Waals surface area contributed by atoms with Crippen LogP contribution in [-0.2, 0) is 27.2 Å². The number of amides is 3. The Morgan fingerprint density at radius 1 is 0.800 bits per heavy atom. The van der Waals surface area contributed by atoms with Crippen molar-refractivity contribution in [1.82, 2.24) is 10.2 Å². The summed E-state index contributed by atoms with van der Waals surface area (Å²) in [6.07, 6.45) is 0.523. The van der Waals surface area contributed by atoms with Gasteiger partial charge >= 0.3 is 0 Å². The average Bonchev–Trinajstić information content (AvgIpc) is 2.74. The Labute approximate surface area is 175 Å². The van der Waals surface area contributed by atoms with E-state index in [9.17, 15) is 14.4 Å². The number of carbonyl (C=O) groups is 3. The molecular weight excluding hydrogens is 378 g/mol. The number of likely N-dealkylation sites (N-methyl/N-ethyl adjacent to an activating group) is 1. The van der Waals surface area contributed by atoms with Gasteiger partial charge < -0.3 is 15.5 Å². The Bertz CT molecular complexity index is 1050. The second kappa shape index (κ2) is 9.69. The van der Waals surface area contributed by atoms with Crippen LogP contribution >= 0.6 is 0 Å². The molecule has 0 saturated heterocycles. The van der Waals surface area contributed by atoms with Crippen LogP contribution in [0, 0.1) is 0 Å². The lowest BCUT2D eigenvalue weighted by Crippen LogP contribution is -2.33. The maximum atomic E-state index is 12.3. The maximum Gasteiger partial charge on any atom is 0.243 e. The molecule has 0 aliphatic carbocycles. The highest BCUT2D eigenvalue weighted by Crippen LogP contribution is 2.18. The molecule has 0 aliphatic heterocycles. The summed E-state index contributed by atoms with van der Waals surface area (Å²) in [7, 11) is 3.43. The highest BCUT2D eigenvalue weighted by atomic mass is 16.2. The first kappa shape index (κ1) is 21.0. The van der Waals surface area contributed by atoms with E-state index in [1.165, 1.54) is 4.90 Å². The summed E-state index contributed by atoms with van der Waals surface area (Å²) < 4.78 is 0. The molecule has 0 spiro atoms. The number of anilines is 1. The Morgan fingerprint density at radius 2 is 1.50 bits per heavy atom. The molecule has 30 heavy (non-hydrogen) atoms. The third-order valence-electron chi connectivity index (χ3n) is 4.77. The number of nitrogens with one attached hydrogen (secondary N) is 2. The van der Waals surface area contributed by atoms with Crippen molar-refractivity contribution in [3.63, 3.8) is 0 Å². The zero-order valence-corrected chi connectivity index (χ0v) is 17.1. The van der Waals surface area contributed by atoms with Crippen LogP contribution in [0.2, 0.25) is 0 Å². The topological polar surface area (TPSA) is 78.5 Å². The minimum atomic E-state index is -0.307. The van der Waals surface area contributed by atoms with E-state index in [2.05, 4.69) is 10.6 Å². The van der Waals surface area contributed by atoms with Gasteiger partial charge in [-0.2, -0.15) is 0 Å². The van der Waals surface area contributed by atoms with Gasteiger partial charge in [0.2, 0.25) is 17.7 Å². The molecule has 0 fully saturated rings. The standard InChI is InChI=1S/C24H25N3O3/c1-27(2)24(30)14-17-10-12-20(13-11-17)26-23(29)16-25-22(28)15-19-8-5-7-18-6-3-4-9-21(18)19/h3-13H,14-16H2,1-2H3,(H,25,28)(H,26,29). The lowest BCUT2D eigenvalue weighted by atomic mass is 10.0. The molecule has 6 nitrogen and oxygen atoms in total. The molecule has 0 saturated carbocycles. The monoisotopic (exact) mass is 403 g/mol. The summed E-state index contributed by atoms with van der Waals surface area (Å²) in [5, 5.41) is 7.52. The SMILES string of the molecule is CN(C)C(=O)Cc1ccc(NC(=O)CNC(=O)Cc2cccc3ccccc23)cc1. The molecule has 0 atom stereocenters. The second-order valence-electron chi connectivity index (χ2n) is 7.30. The maximum absolute atomic E-state index is 12.3. The lowest BCUT2D eigenvalue weighted by molar-refractivity contribution is -0.128. The van der Waals surface area contributed by atoms with Crippen LogP contribution in [0.1, 0.15) is 11.1 Å². The van der Waals surface area contributed by atoms with Gasteiger partial charge in [-0.15, -0.1) is 0 Å². The fourth-order valence-electron chi connectivity index (χ4n) is 3.10. The molecule has 154 valence electrons. The number of hydrogen-bond donors (Lipinski definition) is 2. The summed E-state index contributed by atoms with van der Waals surface area (Å²) in [6.45, 7) is -0.107. The van der Waals surface area contributed by atoms with Gasteiger partial charge in [-0.05, 0) is 34.0 Å². The van der Waals surface area contributed by atoms with Crippen molar-refractivity contribution >= 4 is 34.2 Å². The van der Waals surface area contributed by atoms with Crippen LogP contribution in [0.3, 0.4) is 0 Å². The fraction of sp³-hybridized carbons (Fsp3) is 0.208. The minimum Gasteiger partial charge on any atom is -0.349 e. The van der Waals surface area contributed by atoms with E-state index in [-0.39, 0.29) is 30.7 Å². The normalized spacial score (nSPS) is 10.5. The molecule has 0 bridgehead atoms. The predicted octanol–water partition coefficient (Wildman–Crippen LogP) is 2.77. The molecular formula is C24H25N3O3. The molecule has 2 N–H and O–H groups in total. The number of rotatable bonds is 7. The van der Waals surface area contributed by atoms with Crippen molar-refractivity contribution in [2.24, 2.45) is 0 Å². The molecule has 3 amide bonds. The molecule has 0 heterocycles. The number of nitrogens with zero attached hydrogens (tertiary/aromatic N) is 1. The molecule has 6 heteroatoms. The van der Waals surface area contributed by atoms with E-state index < -0.39 is 0 Å². The van der Waals surface area contributed by atoms with Crippen LogP contribution in [0.25, 0.3) is 10.8 Å². The van der Waals surface area contributed by atoms with Crippen molar-refractivity contribution in [3.8, 4) is 0 Å². The Balaban J connectivity index is 1.49. The number of carbonyl (C=O) groups excluding carboxylic acids is 3. The van der Waals surface area contributed by atoms with Gasteiger partial charge in [-0.1, -0.05) is 54.6 Å². The average molecular weight is 403 g/mol. The molecule has 0 radical (unpaired) electrons. The van der Waals surface area contributed by atoms with Gasteiger partial charge in [0.15, 0.2) is 0 Å². The summed E-state index contributed by atoms with van der Waals surface area (Å²) >= 11 is 0. The van der Waals surface area contributed by atoms with Crippen LogP contribution in [0.15, 0.2) is 66.7 Å². The summed E-state index contributed by atoms with van der Waals surface area (Å²) in [4.78, 5) is 37.7. The van der Waals surface area contributed by atoms with Crippen LogP contribution in [-0.4, -0.2) is 43.3 Å². The van der Waals surface area contributed by atoms with Gasteiger partial charge in [0.1, 0.15) is 0 Å². The third-order valence-corrected chi connectivity index (χ3v) is 4.77. The van der Waals surface area contributed by atoms with Gasteiger partial charge in [0.25, 0.3) is 0 Å². The van der Waals surface area contributed by atoms with Crippen molar-refractivity contribution in [3.05, 3.63) is 77.9 Å². The van der Waals surface area contributed by atoms with Gasteiger partial charge in [-0.25, -0.2) is 0 Å². The largest absolute Gasteiger partial charge is 0.349 e. The molecule has 0 aromatic heterocycles. The summed E-state index contributed by atoms with van der Waals surface area (Å²) in [5.41, 5.74) is 2.41. The zero-order valence-electron chi connectivity index (χ0n) is 17.1. The van der Waals surface area contributed by atoms with Crippen LogP contribution in [0.5, 0.6) is 0 Å². The quantitative estimate of drug-likeness (QED) is 0.637. The zero-order chi connectivity index (χ0) is 21.5. The Hall–Kier alpha value is -3.67. The fourth-order valence-corrected chi connectivity index (χ4v) is 3.10. The number of hydrogen-bond acceptors (Lipinski definition) is 3. The van der Waals surface area contributed by atoms with Crippen molar-refractivity contribution in [1.29, 1.82) is 0 Å². The minimum absolute atomic E-state index is 0.0145. The van der Waals surface area contributed by atoms with Crippen LogP contribution in [0.4, 0.5) is 5.69 Å². The van der Waals surface area contributed by atoms with Crippen molar-refractivity contribution < 1.29 is 14.4 Å². The smallest absolute Gasteiger partial charge is 0.243 e. The van der Waals surface area contributed by atoms with E-state index in [1.807, 2.05) is 42.5 Å². The van der Waals surface area contributed by atoms with Crippen molar-refractivity contribution in [2.75, 3.05) is 26.0 Å². The third kappa shape index (κ3) is 5.67. The number of fused-ring (bicyclic) bond motifs is 1. The second-order valence-corrected chi connectivity index (χ2v) is 7.30. The Morgan fingerprint density at radius 3 is 2.23 bits per heavy atom. The van der Waals surface area contributed by atoms with Gasteiger partial charge in [0, 0.05) is 19.8 Å². The van der Waals surface area contributed by atoms with Gasteiger partial charge in [-0.3, -0.25) is 14.4 Å². The molecule has 3 aromatic rings. The van der Waals surface area contributed by atoms with E-state index in [4.69, 9.17) is 0 Å². The Kier molecular flexibility index (Phi) is 6.80. The van der Waals surface area contributed by atoms with Crippen LogP contribution < -0.4 is 10.6 Å². The first-order valence-corrected chi connectivity index (χ1v) is 9.74. The first-order valence-electron chi connectivity index (χ1n) is 9.74.